The summed E-state index contributed by atoms with van der Waals surface area (Å²) >= 11 is 0. The summed E-state index contributed by atoms with van der Waals surface area (Å²) in [4.78, 5) is 0. The van der Waals surface area contributed by atoms with Crippen molar-refractivity contribution in [3.05, 3.63) is 53.0 Å². The number of hydrogen-bond donors (Lipinski definition) is 2. The van der Waals surface area contributed by atoms with Crippen molar-refractivity contribution in [1.29, 1.82) is 0 Å². The van der Waals surface area contributed by atoms with Crippen molar-refractivity contribution >= 4 is 0 Å². The molecule has 3 nitrogen and oxygen atoms in total. The highest BCUT2D eigenvalue weighted by molar-refractivity contribution is 5.45. The minimum absolute atomic E-state index is 0.0985. The third-order valence-electron chi connectivity index (χ3n) is 2.60. The van der Waals surface area contributed by atoms with Gasteiger partial charge in [-0.2, -0.15) is 0 Å². The van der Waals surface area contributed by atoms with Crippen LogP contribution in [0, 0.1) is 13.8 Å². The highest BCUT2D eigenvalue weighted by Crippen LogP contribution is 2.33. The quantitative estimate of drug-likeness (QED) is 0.814. The van der Waals surface area contributed by atoms with Crippen LogP contribution in [0.3, 0.4) is 0 Å². The Balaban J connectivity index is 2.48. The van der Waals surface area contributed by atoms with E-state index in [0.717, 1.165) is 11.1 Å². The molecule has 1 atom stereocenters. The summed E-state index contributed by atoms with van der Waals surface area (Å²) in [6.45, 7) is 3.75. The fourth-order valence-electron chi connectivity index (χ4n) is 1.90. The molecule has 1 unspecified atom stereocenters. The first-order valence-corrected chi connectivity index (χ1v) is 5.11. The van der Waals surface area contributed by atoms with Gasteiger partial charge in [-0.05, 0) is 43.2 Å². The van der Waals surface area contributed by atoms with Gasteiger partial charge in [0, 0.05) is 5.56 Å². The molecular formula is C13H14O3. The number of aliphatic hydroxyl groups is 1. The first-order valence-electron chi connectivity index (χ1n) is 5.11. The van der Waals surface area contributed by atoms with Crippen LogP contribution in [-0.4, -0.2) is 10.2 Å². The summed E-state index contributed by atoms with van der Waals surface area (Å²) in [5, 5.41) is 19.9. The third-order valence-corrected chi connectivity index (χ3v) is 2.60. The number of phenolic OH excluding ortho intramolecular Hbond substituents is 1. The van der Waals surface area contributed by atoms with E-state index in [-0.39, 0.29) is 5.75 Å². The standard InChI is InChI=1S/C13H14O3/c1-8-6-9(2)12(10(14)7-8)13(15)11-4-3-5-16-11/h3-7,13-15H,1-2H3. The molecule has 84 valence electrons. The molecule has 1 aromatic heterocycles. The summed E-state index contributed by atoms with van der Waals surface area (Å²) < 4.78 is 5.13. The SMILES string of the molecule is Cc1cc(C)c(C(O)c2ccco2)c(O)c1. The maximum atomic E-state index is 10.1. The summed E-state index contributed by atoms with van der Waals surface area (Å²) in [5.41, 5.74) is 2.31. The van der Waals surface area contributed by atoms with Gasteiger partial charge in [-0.25, -0.2) is 0 Å². The second-order valence-electron chi connectivity index (χ2n) is 3.93. The van der Waals surface area contributed by atoms with E-state index >= 15 is 0 Å². The van der Waals surface area contributed by atoms with Gasteiger partial charge in [0.25, 0.3) is 0 Å². The van der Waals surface area contributed by atoms with E-state index in [1.807, 2.05) is 19.9 Å². The predicted molar refractivity (Wildman–Crippen MR) is 60.4 cm³/mol. The van der Waals surface area contributed by atoms with E-state index in [0.29, 0.717) is 11.3 Å². The van der Waals surface area contributed by atoms with Crippen molar-refractivity contribution < 1.29 is 14.6 Å². The fraction of sp³-hybridized carbons (Fsp3) is 0.231. The molecule has 0 bridgehead atoms. The van der Waals surface area contributed by atoms with Crippen LogP contribution >= 0.6 is 0 Å². The molecule has 0 aliphatic rings. The average Bonchev–Trinajstić information content (AvgIpc) is 2.67. The Morgan fingerprint density at radius 1 is 1.25 bits per heavy atom. The lowest BCUT2D eigenvalue weighted by atomic mass is 9.98. The van der Waals surface area contributed by atoms with Crippen LogP contribution in [-0.2, 0) is 0 Å². The van der Waals surface area contributed by atoms with Crippen LogP contribution in [0.2, 0.25) is 0 Å². The van der Waals surface area contributed by atoms with Crippen molar-refractivity contribution in [1.82, 2.24) is 0 Å². The van der Waals surface area contributed by atoms with Gasteiger partial charge >= 0.3 is 0 Å². The highest BCUT2D eigenvalue weighted by Gasteiger charge is 2.19. The molecule has 1 aromatic carbocycles. The van der Waals surface area contributed by atoms with E-state index in [2.05, 4.69) is 0 Å². The summed E-state index contributed by atoms with van der Waals surface area (Å²) in [6, 6.07) is 6.94. The van der Waals surface area contributed by atoms with Crippen LogP contribution in [0.1, 0.15) is 28.6 Å². The molecule has 0 aliphatic heterocycles. The van der Waals surface area contributed by atoms with E-state index in [9.17, 15) is 10.2 Å². The van der Waals surface area contributed by atoms with Crippen molar-refractivity contribution in [3.63, 3.8) is 0 Å². The first-order chi connectivity index (χ1) is 7.59. The number of aromatic hydroxyl groups is 1. The number of benzene rings is 1. The zero-order valence-electron chi connectivity index (χ0n) is 9.27. The van der Waals surface area contributed by atoms with Crippen molar-refractivity contribution in [3.8, 4) is 5.75 Å². The Kier molecular flexibility index (Phi) is 2.71. The van der Waals surface area contributed by atoms with Gasteiger partial charge in [-0.15, -0.1) is 0 Å². The molecular weight excluding hydrogens is 204 g/mol. The van der Waals surface area contributed by atoms with Crippen molar-refractivity contribution in [2.24, 2.45) is 0 Å². The maximum absolute atomic E-state index is 10.1. The molecule has 2 rings (SSSR count). The van der Waals surface area contributed by atoms with Gasteiger partial charge in [-0.1, -0.05) is 6.07 Å². The molecule has 0 saturated carbocycles. The molecule has 0 aliphatic carbocycles. The topological polar surface area (TPSA) is 53.6 Å². The molecule has 2 N–H and O–H groups in total. The Morgan fingerprint density at radius 2 is 2.00 bits per heavy atom. The Bertz CT molecular complexity index is 463. The molecule has 3 heteroatoms. The molecule has 0 fully saturated rings. The fourth-order valence-corrected chi connectivity index (χ4v) is 1.90. The van der Waals surface area contributed by atoms with Crippen LogP contribution in [0.15, 0.2) is 34.9 Å². The highest BCUT2D eigenvalue weighted by atomic mass is 16.4. The largest absolute Gasteiger partial charge is 0.508 e. The molecule has 16 heavy (non-hydrogen) atoms. The minimum atomic E-state index is -0.921. The minimum Gasteiger partial charge on any atom is -0.508 e. The second kappa shape index (κ2) is 4.02. The van der Waals surface area contributed by atoms with Crippen LogP contribution in [0.4, 0.5) is 0 Å². The number of rotatable bonds is 2. The first kappa shape index (κ1) is 10.8. The monoisotopic (exact) mass is 218 g/mol. The number of aliphatic hydroxyl groups excluding tert-OH is 1. The zero-order chi connectivity index (χ0) is 11.7. The van der Waals surface area contributed by atoms with Crippen LogP contribution in [0.25, 0.3) is 0 Å². The number of aryl methyl sites for hydroxylation is 2. The number of hydrogen-bond acceptors (Lipinski definition) is 3. The summed E-state index contributed by atoms with van der Waals surface area (Å²) in [7, 11) is 0. The van der Waals surface area contributed by atoms with E-state index in [1.165, 1.54) is 6.26 Å². The summed E-state index contributed by atoms with van der Waals surface area (Å²) in [6.07, 6.45) is 0.578. The number of furan rings is 1. The normalized spacial score (nSPS) is 12.7. The lowest BCUT2D eigenvalue weighted by Gasteiger charge is -2.14. The van der Waals surface area contributed by atoms with E-state index < -0.39 is 6.10 Å². The zero-order valence-corrected chi connectivity index (χ0v) is 9.27. The van der Waals surface area contributed by atoms with Gasteiger partial charge < -0.3 is 14.6 Å². The molecule has 2 aromatic rings. The lowest BCUT2D eigenvalue weighted by Crippen LogP contribution is -2.01. The van der Waals surface area contributed by atoms with E-state index in [4.69, 9.17) is 4.42 Å². The second-order valence-corrected chi connectivity index (χ2v) is 3.93. The molecule has 0 radical (unpaired) electrons. The van der Waals surface area contributed by atoms with Crippen molar-refractivity contribution in [2.45, 2.75) is 20.0 Å². The van der Waals surface area contributed by atoms with Crippen molar-refractivity contribution in [2.75, 3.05) is 0 Å². The van der Waals surface area contributed by atoms with Gasteiger partial charge in [0.15, 0.2) is 0 Å². The summed E-state index contributed by atoms with van der Waals surface area (Å²) in [5.74, 6) is 0.531. The predicted octanol–water partition coefficient (Wildman–Crippen LogP) is 2.68. The maximum Gasteiger partial charge on any atom is 0.140 e. The lowest BCUT2D eigenvalue weighted by molar-refractivity contribution is 0.185. The third kappa shape index (κ3) is 1.82. The number of phenols is 1. The molecule has 0 amide bonds. The van der Waals surface area contributed by atoms with Gasteiger partial charge in [-0.3, -0.25) is 0 Å². The van der Waals surface area contributed by atoms with Gasteiger partial charge in [0.1, 0.15) is 17.6 Å². The van der Waals surface area contributed by atoms with Crippen LogP contribution < -0.4 is 0 Å². The smallest absolute Gasteiger partial charge is 0.140 e. The van der Waals surface area contributed by atoms with Gasteiger partial charge in [0.2, 0.25) is 0 Å². The van der Waals surface area contributed by atoms with E-state index in [1.54, 1.807) is 18.2 Å². The average molecular weight is 218 g/mol. The van der Waals surface area contributed by atoms with Crippen LogP contribution in [0.5, 0.6) is 5.75 Å². The molecule has 0 saturated heterocycles. The Labute approximate surface area is 94.0 Å². The molecule has 0 spiro atoms. The Hall–Kier alpha value is -1.74. The molecule has 1 heterocycles. The Morgan fingerprint density at radius 3 is 2.56 bits per heavy atom. The van der Waals surface area contributed by atoms with Gasteiger partial charge in [0.05, 0.1) is 6.26 Å².